The van der Waals surface area contributed by atoms with E-state index in [9.17, 15) is 9.59 Å². The zero-order chi connectivity index (χ0) is 11.5. The van der Waals surface area contributed by atoms with Crippen molar-refractivity contribution in [1.82, 2.24) is 4.90 Å². The van der Waals surface area contributed by atoms with Crippen molar-refractivity contribution < 1.29 is 14.3 Å². The fourth-order valence-corrected chi connectivity index (χ4v) is 1.54. The van der Waals surface area contributed by atoms with E-state index < -0.39 is 17.4 Å². The normalized spacial score (nSPS) is 17.8. The van der Waals surface area contributed by atoms with Gasteiger partial charge in [0.2, 0.25) is 0 Å². The number of hydrogen-bond acceptors (Lipinski definition) is 4. The van der Waals surface area contributed by atoms with Gasteiger partial charge in [-0.15, -0.1) is 0 Å². The molecule has 0 unspecified atom stereocenters. The molecule has 1 rings (SSSR count). The van der Waals surface area contributed by atoms with Gasteiger partial charge in [-0.25, -0.2) is 4.79 Å². The first-order valence-corrected chi connectivity index (χ1v) is 5.37. The van der Waals surface area contributed by atoms with E-state index in [1.54, 1.807) is 20.8 Å². The minimum Gasteiger partial charge on any atom is -0.454 e. The lowest BCUT2D eigenvalue weighted by atomic mass is 10.2. The maximum atomic E-state index is 11.5. The minimum absolute atomic E-state index is 0.203. The Hall–Kier alpha value is -0.900. The first-order chi connectivity index (χ1) is 6.88. The van der Waals surface area contributed by atoms with Crippen molar-refractivity contribution in [3.8, 4) is 0 Å². The quantitative estimate of drug-likeness (QED) is 0.518. The smallest absolute Gasteiger partial charge is 0.376 e. The van der Waals surface area contributed by atoms with Crippen LogP contribution in [0.25, 0.3) is 0 Å². The number of nitrogens with zero attached hydrogens (tertiary/aromatic N) is 1. The van der Waals surface area contributed by atoms with Crippen LogP contribution in [0.3, 0.4) is 0 Å². The van der Waals surface area contributed by atoms with E-state index in [1.165, 1.54) is 0 Å². The number of hydrogen-bond donors (Lipinski definition) is 0. The summed E-state index contributed by atoms with van der Waals surface area (Å²) in [4.78, 5) is 24.8. The highest BCUT2D eigenvalue weighted by Gasteiger charge is 2.25. The lowest BCUT2D eigenvalue weighted by Crippen LogP contribution is -2.36. The SMILES string of the molecule is CC(C)(C)OC(=O)C(=O)CN1CCCC1. The standard InChI is InChI=1S/C11H19NO3/c1-11(2,3)15-10(14)9(13)8-12-6-4-5-7-12/h4-8H2,1-3H3. The molecule has 86 valence electrons. The summed E-state index contributed by atoms with van der Waals surface area (Å²) in [6, 6.07) is 0. The number of ether oxygens (including phenoxy) is 1. The van der Waals surface area contributed by atoms with E-state index in [0.717, 1.165) is 25.9 Å². The van der Waals surface area contributed by atoms with E-state index in [4.69, 9.17) is 4.74 Å². The molecular weight excluding hydrogens is 194 g/mol. The van der Waals surface area contributed by atoms with Crippen LogP contribution >= 0.6 is 0 Å². The first kappa shape index (κ1) is 12.2. The molecule has 0 atom stereocenters. The van der Waals surface area contributed by atoms with Gasteiger partial charge in [-0.1, -0.05) is 0 Å². The summed E-state index contributed by atoms with van der Waals surface area (Å²) < 4.78 is 4.99. The van der Waals surface area contributed by atoms with Gasteiger partial charge in [-0.2, -0.15) is 0 Å². The number of rotatable bonds is 3. The highest BCUT2D eigenvalue weighted by molar-refractivity contribution is 6.34. The molecule has 0 spiro atoms. The lowest BCUT2D eigenvalue weighted by molar-refractivity contribution is -0.162. The highest BCUT2D eigenvalue weighted by atomic mass is 16.6. The van der Waals surface area contributed by atoms with Gasteiger partial charge in [0.05, 0.1) is 6.54 Å². The molecule has 0 aliphatic carbocycles. The van der Waals surface area contributed by atoms with Crippen LogP contribution in [0.1, 0.15) is 33.6 Å². The van der Waals surface area contributed by atoms with E-state index in [2.05, 4.69) is 0 Å². The van der Waals surface area contributed by atoms with Gasteiger partial charge >= 0.3 is 5.97 Å². The van der Waals surface area contributed by atoms with E-state index in [0.29, 0.717) is 0 Å². The van der Waals surface area contributed by atoms with Crippen LogP contribution in [-0.2, 0) is 14.3 Å². The van der Waals surface area contributed by atoms with E-state index in [-0.39, 0.29) is 6.54 Å². The van der Waals surface area contributed by atoms with Crippen molar-refractivity contribution in [2.24, 2.45) is 0 Å². The Morgan fingerprint density at radius 1 is 1.20 bits per heavy atom. The monoisotopic (exact) mass is 213 g/mol. The van der Waals surface area contributed by atoms with Crippen molar-refractivity contribution in [3.05, 3.63) is 0 Å². The molecule has 1 aliphatic heterocycles. The Morgan fingerprint density at radius 2 is 1.73 bits per heavy atom. The van der Waals surface area contributed by atoms with Crippen LogP contribution < -0.4 is 0 Å². The van der Waals surface area contributed by atoms with E-state index in [1.807, 2.05) is 4.90 Å². The topological polar surface area (TPSA) is 46.6 Å². The second kappa shape index (κ2) is 4.75. The molecule has 0 saturated carbocycles. The van der Waals surface area contributed by atoms with Gasteiger partial charge < -0.3 is 4.74 Å². The Labute approximate surface area is 90.6 Å². The molecule has 1 heterocycles. The molecular formula is C11H19NO3. The van der Waals surface area contributed by atoms with Crippen molar-refractivity contribution >= 4 is 11.8 Å². The average molecular weight is 213 g/mol. The average Bonchev–Trinajstić information content (AvgIpc) is 2.53. The van der Waals surface area contributed by atoms with Gasteiger partial charge in [-0.05, 0) is 46.7 Å². The summed E-state index contributed by atoms with van der Waals surface area (Å²) in [7, 11) is 0. The maximum Gasteiger partial charge on any atom is 0.376 e. The molecule has 0 N–H and O–H groups in total. The number of likely N-dealkylation sites (tertiary alicyclic amines) is 1. The highest BCUT2D eigenvalue weighted by Crippen LogP contribution is 2.09. The Kier molecular flexibility index (Phi) is 3.85. The van der Waals surface area contributed by atoms with Crippen LogP contribution in [0.15, 0.2) is 0 Å². The van der Waals surface area contributed by atoms with Crippen LogP contribution in [-0.4, -0.2) is 41.9 Å². The molecule has 1 saturated heterocycles. The third kappa shape index (κ3) is 4.42. The van der Waals surface area contributed by atoms with E-state index >= 15 is 0 Å². The predicted molar refractivity (Wildman–Crippen MR) is 56.5 cm³/mol. The molecule has 4 heteroatoms. The van der Waals surface area contributed by atoms with Gasteiger partial charge in [0.25, 0.3) is 5.78 Å². The molecule has 0 aromatic rings. The summed E-state index contributed by atoms with van der Waals surface area (Å²) in [6.07, 6.45) is 2.23. The zero-order valence-corrected chi connectivity index (χ0v) is 9.71. The van der Waals surface area contributed by atoms with Crippen molar-refractivity contribution in [2.45, 2.75) is 39.2 Å². The number of Topliss-reactive ketones (excluding diaryl/α,β-unsaturated/α-hetero) is 1. The largest absolute Gasteiger partial charge is 0.454 e. The number of carbonyl (C=O) groups excluding carboxylic acids is 2. The van der Waals surface area contributed by atoms with Crippen LogP contribution in [0.2, 0.25) is 0 Å². The maximum absolute atomic E-state index is 11.5. The molecule has 0 aromatic heterocycles. The lowest BCUT2D eigenvalue weighted by Gasteiger charge is -2.20. The Morgan fingerprint density at radius 3 is 2.20 bits per heavy atom. The van der Waals surface area contributed by atoms with Gasteiger partial charge in [0.15, 0.2) is 0 Å². The summed E-state index contributed by atoms with van der Waals surface area (Å²) in [5.41, 5.74) is -0.586. The number of ketones is 1. The second-order valence-electron chi connectivity index (χ2n) is 4.91. The number of carbonyl (C=O) groups is 2. The Balaban J connectivity index is 2.36. The fourth-order valence-electron chi connectivity index (χ4n) is 1.54. The van der Waals surface area contributed by atoms with Crippen LogP contribution in [0.4, 0.5) is 0 Å². The molecule has 0 amide bonds. The minimum atomic E-state index is -0.714. The Bertz CT molecular complexity index is 249. The summed E-state index contributed by atoms with van der Waals surface area (Å²) in [6.45, 7) is 7.30. The second-order valence-corrected chi connectivity index (χ2v) is 4.91. The fraction of sp³-hybridized carbons (Fsp3) is 0.818. The predicted octanol–water partition coefficient (Wildman–Crippen LogP) is 0.993. The van der Waals surface area contributed by atoms with Crippen LogP contribution in [0, 0.1) is 0 Å². The summed E-state index contributed by atoms with van der Waals surface area (Å²) in [5.74, 6) is -1.15. The summed E-state index contributed by atoms with van der Waals surface area (Å²) >= 11 is 0. The molecule has 4 nitrogen and oxygen atoms in total. The molecule has 0 bridgehead atoms. The third-order valence-corrected chi connectivity index (χ3v) is 2.19. The van der Waals surface area contributed by atoms with Crippen molar-refractivity contribution in [1.29, 1.82) is 0 Å². The zero-order valence-electron chi connectivity index (χ0n) is 9.71. The molecule has 15 heavy (non-hydrogen) atoms. The summed E-state index contributed by atoms with van der Waals surface area (Å²) in [5, 5.41) is 0. The molecule has 1 fully saturated rings. The van der Waals surface area contributed by atoms with Crippen LogP contribution in [0.5, 0.6) is 0 Å². The molecule has 1 aliphatic rings. The van der Waals surface area contributed by atoms with Gasteiger partial charge in [-0.3, -0.25) is 9.69 Å². The van der Waals surface area contributed by atoms with Gasteiger partial charge in [0, 0.05) is 0 Å². The molecule has 0 aromatic carbocycles. The first-order valence-electron chi connectivity index (χ1n) is 5.37. The van der Waals surface area contributed by atoms with Gasteiger partial charge in [0.1, 0.15) is 5.60 Å². The number of esters is 1. The third-order valence-electron chi connectivity index (χ3n) is 2.19. The molecule has 0 radical (unpaired) electrons. The van der Waals surface area contributed by atoms with Crippen molar-refractivity contribution in [3.63, 3.8) is 0 Å². The van der Waals surface area contributed by atoms with Crippen molar-refractivity contribution in [2.75, 3.05) is 19.6 Å².